The van der Waals surface area contributed by atoms with Crippen LogP contribution in [0.1, 0.15) is 15.9 Å². The molecule has 0 fully saturated rings. The van der Waals surface area contributed by atoms with Crippen LogP contribution < -0.4 is 0 Å². The molecule has 0 unspecified atom stereocenters. The van der Waals surface area contributed by atoms with Crippen molar-refractivity contribution < 1.29 is 18.8 Å². The van der Waals surface area contributed by atoms with E-state index in [4.69, 9.17) is 5.21 Å². The van der Waals surface area contributed by atoms with Crippen LogP contribution in [0.15, 0.2) is 17.3 Å². The highest BCUT2D eigenvalue weighted by Gasteiger charge is 2.30. The van der Waals surface area contributed by atoms with Crippen molar-refractivity contribution in [2.75, 3.05) is 0 Å². The van der Waals surface area contributed by atoms with Gasteiger partial charge in [-0.2, -0.15) is 0 Å². The first-order chi connectivity index (χ1) is 6.63. The molecular weight excluding hydrogens is 192 g/mol. The minimum atomic E-state index is -0.913. The minimum absolute atomic E-state index is 0.0284. The van der Waals surface area contributed by atoms with Crippen molar-refractivity contribution in [3.63, 3.8) is 0 Å². The molecule has 0 saturated heterocycles. The summed E-state index contributed by atoms with van der Waals surface area (Å²) in [5, 5.41) is 11.2. The van der Waals surface area contributed by atoms with E-state index in [1.54, 1.807) is 0 Å². The van der Waals surface area contributed by atoms with E-state index < -0.39 is 17.4 Å². The molecule has 0 atom stereocenters. The average Bonchev–Trinajstić information content (AvgIpc) is 2.42. The van der Waals surface area contributed by atoms with Crippen LogP contribution in [0.3, 0.4) is 0 Å². The molecule has 0 spiro atoms. The highest BCUT2D eigenvalue weighted by Crippen LogP contribution is 2.24. The lowest BCUT2D eigenvalue weighted by atomic mass is 10.1. The van der Waals surface area contributed by atoms with Crippen molar-refractivity contribution in [2.45, 2.75) is 6.42 Å². The van der Waals surface area contributed by atoms with E-state index >= 15 is 0 Å². The number of nitrogens with zero attached hydrogens (tertiary/aromatic N) is 1. The van der Waals surface area contributed by atoms with Crippen LogP contribution >= 0.6 is 0 Å². The summed E-state index contributed by atoms with van der Waals surface area (Å²) in [5.74, 6) is -2.34. The van der Waals surface area contributed by atoms with Gasteiger partial charge in [0.05, 0.1) is 5.56 Å². The number of carbonyl (C=O) groups excluding carboxylic acids is 1. The SMILES string of the molecule is O=C1/C(=N\O)Cc2cc(F)cc(F)c21. The quantitative estimate of drug-likeness (QED) is 0.506. The Kier molecular flexibility index (Phi) is 1.80. The lowest BCUT2D eigenvalue weighted by Crippen LogP contribution is -2.08. The maximum atomic E-state index is 13.1. The van der Waals surface area contributed by atoms with E-state index in [-0.39, 0.29) is 23.3 Å². The summed E-state index contributed by atoms with van der Waals surface area (Å²) in [6.07, 6.45) is -0.0284. The number of benzene rings is 1. The van der Waals surface area contributed by atoms with Gasteiger partial charge in [-0.1, -0.05) is 5.16 Å². The first-order valence-electron chi connectivity index (χ1n) is 3.87. The zero-order valence-corrected chi connectivity index (χ0v) is 6.92. The topological polar surface area (TPSA) is 49.7 Å². The van der Waals surface area contributed by atoms with Gasteiger partial charge in [0, 0.05) is 12.5 Å². The fraction of sp³-hybridized carbons (Fsp3) is 0.111. The molecule has 2 rings (SSSR count). The zero-order chi connectivity index (χ0) is 10.3. The van der Waals surface area contributed by atoms with Crippen molar-refractivity contribution in [3.05, 3.63) is 34.9 Å². The van der Waals surface area contributed by atoms with E-state index in [0.29, 0.717) is 6.07 Å². The molecule has 0 saturated carbocycles. The van der Waals surface area contributed by atoms with Gasteiger partial charge in [0.1, 0.15) is 17.3 Å². The van der Waals surface area contributed by atoms with Gasteiger partial charge in [0.15, 0.2) is 0 Å². The summed E-state index contributed by atoms with van der Waals surface area (Å²) in [6, 6.07) is 1.70. The molecule has 3 nitrogen and oxygen atoms in total. The molecule has 1 N–H and O–H groups in total. The van der Waals surface area contributed by atoms with Gasteiger partial charge in [-0.15, -0.1) is 0 Å². The molecule has 5 heteroatoms. The van der Waals surface area contributed by atoms with Gasteiger partial charge < -0.3 is 5.21 Å². The van der Waals surface area contributed by atoms with Gasteiger partial charge in [-0.05, 0) is 11.6 Å². The molecule has 0 bridgehead atoms. The van der Waals surface area contributed by atoms with Gasteiger partial charge in [-0.25, -0.2) is 8.78 Å². The van der Waals surface area contributed by atoms with E-state index in [1.165, 1.54) is 0 Å². The van der Waals surface area contributed by atoms with E-state index in [0.717, 1.165) is 6.07 Å². The zero-order valence-electron chi connectivity index (χ0n) is 6.92. The second kappa shape index (κ2) is 2.87. The standard InChI is InChI=1S/C9H5F2NO2/c10-5-1-4-2-7(12-14)9(13)8(4)6(11)3-5/h1,3,14H,2H2/b12-7-. The van der Waals surface area contributed by atoms with Gasteiger partial charge in [0.2, 0.25) is 5.78 Å². The first-order valence-corrected chi connectivity index (χ1v) is 3.87. The van der Waals surface area contributed by atoms with Crippen LogP contribution in [0.2, 0.25) is 0 Å². The Hall–Kier alpha value is -1.78. The van der Waals surface area contributed by atoms with Crippen LogP contribution in [-0.2, 0) is 6.42 Å². The van der Waals surface area contributed by atoms with Gasteiger partial charge in [0.25, 0.3) is 0 Å². The van der Waals surface area contributed by atoms with Crippen molar-refractivity contribution in [1.82, 2.24) is 0 Å². The Morgan fingerprint density at radius 1 is 1.36 bits per heavy atom. The summed E-state index contributed by atoms with van der Waals surface area (Å²) in [4.78, 5) is 11.3. The molecule has 0 aliphatic heterocycles. The van der Waals surface area contributed by atoms with E-state index in [2.05, 4.69) is 5.16 Å². The maximum Gasteiger partial charge on any atom is 0.214 e. The molecular formula is C9H5F2NO2. The van der Waals surface area contributed by atoms with Crippen LogP contribution in [0.25, 0.3) is 0 Å². The molecule has 0 heterocycles. The summed E-state index contributed by atoms with van der Waals surface area (Å²) >= 11 is 0. The van der Waals surface area contributed by atoms with Crippen LogP contribution in [0.4, 0.5) is 8.78 Å². The molecule has 72 valence electrons. The first kappa shape index (κ1) is 8.80. The Labute approximate surface area is 77.7 Å². The number of hydrogen-bond donors (Lipinski definition) is 1. The molecule has 0 radical (unpaired) electrons. The molecule has 14 heavy (non-hydrogen) atoms. The van der Waals surface area contributed by atoms with Gasteiger partial charge >= 0.3 is 0 Å². The maximum absolute atomic E-state index is 13.1. The van der Waals surface area contributed by atoms with Crippen molar-refractivity contribution in [1.29, 1.82) is 0 Å². The van der Waals surface area contributed by atoms with Crippen molar-refractivity contribution in [3.8, 4) is 0 Å². The summed E-state index contributed by atoms with van der Waals surface area (Å²) in [6.45, 7) is 0. The highest BCUT2D eigenvalue weighted by atomic mass is 19.1. The smallest absolute Gasteiger partial charge is 0.214 e. The lowest BCUT2D eigenvalue weighted by Gasteiger charge is -1.97. The number of hydrogen-bond acceptors (Lipinski definition) is 3. The van der Waals surface area contributed by atoms with Crippen molar-refractivity contribution >= 4 is 11.5 Å². The number of Topliss-reactive ketones (excluding diaryl/α,β-unsaturated/α-hetero) is 1. The molecule has 0 amide bonds. The number of ketones is 1. The normalized spacial score (nSPS) is 17.6. The minimum Gasteiger partial charge on any atom is -0.411 e. The average molecular weight is 197 g/mol. The van der Waals surface area contributed by atoms with Crippen LogP contribution in [0.5, 0.6) is 0 Å². The fourth-order valence-corrected chi connectivity index (χ4v) is 1.51. The Morgan fingerprint density at radius 2 is 2.07 bits per heavy atom. The predicted octanol–water partition coefficient (Wildman–Crippen LogP) is 1.53. The van der Waals surface area contributed by atoms with E-state index in [1.807, 2.05) is 0 Å². The van der Waals surface area contributed by atoms with Crippen LogP contribution in [0, 0.1) is 11.6 Å². The van der Waals surface area contributed by atoms with E-state index in [9.17, 15) is 13.6 Å². The largest absolute Gasteiger partial charge is 0.411 e. The van der Waals surface area contributed by atoms with Gasteiger partial charge in [-0.3, -0.25) is 4.79 Å². The molecule has 1 aromatic carbocycles. The Morgan fingerprint density at radius 3 is 2.71 bits per heavy atom. The third-order valence-corrected chi connectivity index (χ3v) is 2.10. The van der Waals surface area contributed by atoms with Crippen LogP contribution in [-0.4, -0.2) is 16.7 Å². The molecule has 1 aliphatic rings. The Bertz CT molecular complexity index is 454. The summed E-state index contributed by atoms with van der Waals surface area (Å²) in [7, 11) is 0. The number of carbonyl (C=O) groups is 1. The number of halogens is 2. The fourth-order valence-electron chi connectivity index (χ4n) is 1.51. The monoisotopic (exact) mass is 197 g/mol. The number of oxime groups is 1. The van der Waals surface area contributed by atoms with Crippen molar-refractivity contribution in [2.24, 2.45) is 5.16 Å². The third-order valence-electron chi connectivity index (χ3n) is 2.10. The number of rotatable bonds is 0. The summed E-state index contributed by atoms with van der Waals surface area (Å²) < 4.78 is 25.8. The Balaban J connectivity index is 2.65. The molecule has 1 aromatic rings. The second-order valence-electron chi connectivity index (χ2n) is 2.97. The third kappa shape index (κ3) is 1.09. The predicted molar refractivity (Wildman–Crippen MR) is 43.6 cm³/mol. The molecule has 0 aromatic heterocycles. The second-order valence-corrected chi connectivity index (χ2v) is 2.97. The number of fused-ring (bicyclic) bond motifs is 1. The highest BCUT2D eigenvalue weighted by molar-refractivity contribution is 6.49. The lowest BCUT2D eigenvalue weighted by molar-refractivity contribution is 0.106. The molecule has 1 aliphatic carbocycles. The summed E-state index contributed by atoms with van der Waals surface area (Å²) in [5.41, 5.74) is -0.135.